The average Bonchev–Trinajstić information content (AvgIpc) is 2.59. The predicted octanol–water partition coefficient (Wildman–Crippen LogP) is 4.00. The molecule has 6 heteroatoms. The van der Waals surface area contributed by atoms with Crippen molar-refractivity contribution in [3.63, 3.8) is 0 Å². The number of thioether (sulfide) groups is 1. The van der Waals surface area contributed by atoms with Crippen LogP contribution in [0.5, 0.6) is 0 Å². The number of carbonyl (C=O) groups is 1. The first kappa shape index (κ1) is 18.7. The molecular formula is C20H26N4OS. The Balaban J connectivity index is 1.57. The van der Waals surface area contributed by atoms with E-state index in [2.05, 4.69) is 34.0 Å². The number of carbonyl (C=O) groups excluding carboxylic acids is 1. The van der Waals surface area contributed by atoms with Gasteiger partial charge in [-0.2, -0.15) is 0 Å². The SMILES string of the molecule is Cc1cccc(NC(=O)CSc2cc(N3C[C@H](C)C[C@@H](C)C3)ncn2)c1. The van der Waals surface area contributed by atoms with Gasteiger partial charge in [0.05, 0.1) is 5.75 Å². The first-order valence-electron chi connectivity index (χ1n) is 9.06. The molecule has 1 aliphatic rings. The van der Waals surface area contributed by atoms with Crippen molar-refractivity contribution in [1.29, 1.82) is 0 Å². The van der Waals surface area contributed by atoms with E-state index in [0.29, 0.717) is 17.6 Å². The summed E-state index contributed by atoms with van der Waals surface area (Å²) in [6.45, 7) is 8.64. The van der Waals surface area contributed by atoms with Crippen LogP contribution in [-0.2, 0) is 4.79 Å². The van der Waals surface area contributed by atoms with E-state index in [1.807, 2.05) is 37.3 Å². The number of piperidine rings is 1. The number of aryl methyl sites for hydroxylation is 1. The van der Waals surface area contributed by atoms with Crippen LogP contribution in [0.25, 0.3) is 0 Å². The molecule has 1 saturated heterocycles. The van der Waals surface area contributed by atoms with E-state index in [0.717, 1.165) is 35.2 Å². The van der Waals surface area contributed by atoms with Crippen molar-refractivity contribution in [2.24, 2.45) is 11.8 Å². The van der Waals surface area contributed by atoms with E-state index in [1.165, 1.54) is 18.2 Å². The summed E-state index contributed by atoms with van der Waals surface area (Å²) in [7, 11) is 0. The highest BCUT2D eigenvalue weighted by molar-refractivity contribution is 7.99. The smallest absolute Gasteiger partial charge is 0.234 e. The van der Waals surface area contributed by atoms with Gasteiger partial charge in [0.25, 0.3) is 0 Å². The van der Waals surface area contributed by atoms with Crippen LogP contribution in [-0.4, -0.2) is 34.7 Å². The molecule has 5 nitrogen and oxygen atoms in total. The fraction of sp³-hybridized carbons (Fsp3) is 0.450. The molecule has 0 saturated carbocycles. The van der Waals surface area contributed by atoms with Crippen LogP contribution in [0.3, 0.4) is 0 Å². The Morgan fingerprint density at radius 2 is 2.00 bits per heavy atom. The van der Waals surface area contributed by atoms with Crippen LogP contribution in [0.15, 0.2) is 41.7 Å². The van der Waals surface area contributed by atoms with Crippen LogP contribution in [0.4, 0.5) is 11.5 Å². The third-order valence-corrected chi connectivity index (χ3v) is 5.40. The molecule has 0 bridgehead atoms. The van der Waals surface area contributed by atoms with Crippen molar-refractivity contribution in [2.45, 2.75) is 32.2 Å². The summed E-state index contributed by atoms with van der Waals surface area (Å²) in [5.74, 6) is 2.60. The lowest BCUT2D eigenvalue weighted by Crippen LogP contribution is -2.39. The minimum Gasteiger partial charge on any atom is -0.356 e. The summed E-state index contributed by atoms with van der Waals surface area (Å²) >= 11 is 1.44. The van der Waals surface area contributed by atoms with Gasteiger partial charge in [-0.1, -0.05) is 37.7 Å². The quantitative estimate of drug-likeness (QED) is 0.637. The summed E-state index contributed by atoms with van der Waals surface area (Å²) < 4.78 is 0. The first-order valence-corrected chi connectivity index (χ1v) is 10.0. The van der Waals surface area contributed by atoms with Crippen LogP contribution in [0.2, 0.25) is 0 Å². The lowest BCUT2D eigenvalue weighted by atomic mass is 9.92. The Labute approximate surface area is 159 Å². The van der Waals surface area contributed by atoms with Gasteiger partial charge in [-0.25, -0.2) is 9.97 Å². The van der Waals surface area contributed by atoms with Crippen LogP contribution in [0, 0.1) is 18.8 Å². The zero-order valence-corrected chi connectivity index (χ0v) is 16.4. The Kier molecular flexibility index (Phi) is 6.14. The van der Waals surface area contributed by atoms with Gasteiger partial charge in [-0.3, -0.25) is 4.79 Å². The monoisotopic (exact) mass is 370 g/mol. The number of hydrogen-bond acceptors (Lipinski definition) is 5. The van der Waals surface area contributed by atoms with E-state index in [1.54, 1.807) is 6.33 Å². The molecule has 1 fully saturated rings. The second-order valence-electron chi connectivity index (χ2n) is 7.27. The van der Waals surface area contributed by atoms with E-state index < -0.39 is 0 Å². The molecule has 1 aromatic heterocycles. The number of benzene rings is 1. The minimum absolute atomic E-state index is 0.0269. The summed E-state index contributed by atoms with van der Waals surface area (Å²) in [6.07, 6.45) is 2.86. The number of nitrogens with one attached hydrogen (secondary N) is 1. The van der Waals surface area contributed by atoms with Gasteiger partial charge in [0.1, 0.15) is 17.2 Å². The molecule has 0 aliphatic carbocycles. The van der Waals surface area contributed by atoms with Crippen molar-refractivity contribution in [2.75, 3.05) is 29.1 Å². The fourth-order valence-electron chi connectivity index (χ4n) is 3.49. The zero-order valence-electron chi connectivity index (χ0n) is 15.6. The van der Waals surface area contributed by atoms with Gasteiger partial charge in [0.15, 0.2) is 0 Å². The first-order chi connectivity index (χ1) is 12.5. The highest BCUT2D eigenvalue weighted by Crippen LogP contribution is 2.27. The molecule has 1 N–H and O–H groups in total. The summed E-state index contributed by atoms with van der Waals surface area (Å²) in [4.78, 5) is 23.3. The van der Waals surface area contributed by atoms with Crippen molar-refractivity contribution < 1.29 is 4.79 Å². The highest BCUT2D eigenvalue weighted by atomic mass is 32.2. The van der Waals surface area contributed by atoms with Gasteiger partial charge in [0, 0.05) is 24.8 Å². The molecule has 138 valence electrons. The third kappa shape index (κ3) is 5.21. The van der Waals surface area contributed by atoms with E-state index >= 15 is 0 Å². The molecular weight excluding hydrogens is 344 g/mol. The van der Waals surface area contributed by atoms with Gasteiger partial charge < -0.3 is 10.2 Å². The summed E-state index contributed by atoms with van der Waals surface area (Å²) in [5.41, 5.74) is 1.95. The molecule has 1 aliphatic heterocycles. The van der Waals surface area contributed by atoms with Crippen molar-refractivity contribution in [1.82, 2.24) is 9.97 Å². The number of aromatic nitrogens is 2. The lowest BCUT2D eigenvalue weighted by Gasteiger charge is -2.35. The minimum atomic E-state index is -0.0269. The number of rotatable bonds is 5. The number of hydrogen-bond donors (Lipinski definition) is 1. The molecule has 3 rings (SSSR count). The lowest BCUT2D eigenvalue weighted by molar-refractivity contribution is -0.113. The van der Waals surface area contributed by atoms with Gasteiger partial charge >= 0.3 is 0 Å². The van der Waals surface area contributed by atoms with E-state index in [-0.39, 0.29) is 5.91 Å². The molecule has 1 amide bonds. The van der Waals surface area contributed by atoms with Crippen molar-refractivity contribution >= 4 is 29.2 Å². The van der Waals surface area contributed by atoms with Gasteiger partial charge in [-0.05, 0) is 42.9 Å². The van der Waals surface area contributed by atoms with Crippen molar-refractivity contribution in [3.05, 3.63) is 42.2 Å². The molecule has 0 radical (unpaired) electrons. The van der Waals surface area contributed by atoms with Crippen LogP contribution in [0.1, 0.15) is 25.8 Å². The highest BCUT2D eigenvalue weighted by Gasteiger charge is 2.23. The summed E-state index contributed by atoms with van der Waals surface area (Å²) in [6, 6.07) is 9.81. The maximum atomic E-state index is 12.2. The van der Waals surface area contributed by atoms with Crippen LogP contribution < -0.4 is 10.2 Å². The van der Waals surface area contributed by atoms with Gasteiger partial charge in [0.2, 0.25) is 5.91 Å². The van der Waals surface area contributed by atoms with Crippen LogP contribution >= 0.6 is 11.8 Å². The second-order valence-corrected chi connectivity index (χ2v) is 8.27. The Morgan fingerprint density at radius 1 is 1.23 bits per heavy atom. The molecule has 2 heterocycles. The zero-order chi connectivity index (χ0) is 18.5. The van der Waals surface area contributed by atoms with E-state index in [4.69, 9.17) is 0 Å². The average molecular weight is 371 g/mol. The predicted molar refractivity (Wildman–Crippen MR) is 108 cm³/mol. The topological polar surface area (TPSA) is 58.1 Å². The van der Waals surface area contributed by atoms with Gasteiger partial charge in [-0.15, -0.1) is 0 Å². The molecule has 1 aromatic carbocycles. The third-order valence-electron chi connectivity index (χ3n) is 4.47. The standard InChI is InChI=1S/C20H26N4OS/c1-14-5-4-6-17(8-14)23-19(25)12-26-20-9-18(21-13-22-20)24-10-15(2)7-16(3)11-24/h4-6,8-9,13,15-16H,7,10-12H2,1-3H3,(H,23,25)/t15-,16-/m1/s1. The summed E-state index contributed by atoms with van der Waals surface area (Å²) in [5, 5.41) is 3.76. The maximum absolute atomic E-state index is 12.2. The maximum Gasteiger partial charge on any atom is 0.234 e. The normalized spacial score (nSPS) is 20.0. The second kappa shape index (κ2) is 8.54. The number of nitrogens with zero attached hydrogens (tertiary/aromatic N) is 3. The molecule has 0 unspecified atom stereocenters. The Bertz CT molecular complexity index is 757. The molecule has 0 spiro atoms. The Morgan fingerprint density at radius 3 is 2.73 bits per heavy atom. The van der Waals surface area contributed by atoms with E-state index in [9.17, 15) is 4.79 Å². The molecule has 2 atom stereocenters. The number of anilines is 2. The number of amides is 1. The van der Waals surface area contributed by atoms with Crippen molar-refractivity contribution in [3.8, 4) is 0 Å². The Hall–Kier alpha value is -2.08. The molecule has 2 aromatic rings. The molecule has 26 heavy (non-hydrogen) atoms. The fourth-order valence-corrected chi connectivity index (χ4v) is 4.15. The largest absolute Gasteiger partial charge is 0.356 e.